The second-order valence-electron chi connectivity index (χ2n) is 2.22. The summed E-state index contributed by atoms with van der Waals surface area (Å²) in [6, 6.07) is 0. The van der Waals surface area contributed by atoms with Crippen molar-refractivity contribution in [3.05, 3.63) is 0 Å². The number of hydrogen-bond donors (Lipinski definition) is 4. The van der Waals surface area contributed by atoms with Gasteiger partial charge in [0.25, 0.3) is 0 Å². The summed E-state index contributed by atoms with van der Waals surface area (Å²) in [4.78, 5) is 10.4. The minimum Gasteiger partial charge on any atom is -0.394 e. The highest BCUT2D eigenvalue weighted by Gasteiger charge is 2.17. The molecule has 0 aliphatic carbocycles. The van der Waals surface area contributed by atoms with E-state index in [1.54, 1.807) is 0 Å². The van der Waals surface area contributed by atoms with Crippen LogP contribution >= 0.6 is 0 Å². The molecule has 0 heterocycles. The summed E-state index contributed by atoms with van der Waals surface area (Å²) in [7, 11) is 0. The van der Waals surface area contributed by atoms with E-state index in [1.165, 1.54) is 0 Å². The Morgan fingerprint density at radius 1 is 1.18 bits per heavy atom. The summed E-state index contributed by atoms with van der Waals surface area (Å²) in [5, 5.41) is 34.2. The lowest BCUT2D eigenvalue weighted by atomic mass is 11.1. The fraction of sp³-hybridized carbons (Fsp3) is 0.833. The van der Waals surface area contributed by atoms with Crippen LogP contribution in [0.1, 0.15) is 6.42 Å². The first-order valence-electron chi connectivity index (χ1n) is 3.21. The second kappa shape index (κ2) is 5.20. The zero-order valence-electron chi connectivity index (χ0n) is 5.97. The Labute approximate surface area is 63.9 Å². The highest BCUT2D eigenvalue weighted by atomic mass is 16.5. The smallest absolute Gasteiger partial charge is 0.160 e. The Morgan fingerprint density at radius 2 is 1.73 bits per heavy atom. The lowest BCUT2D eigenvalue weighted by Gasteiger charge is -2.13. The Kier molecular flexibility index (Phi) is 4.97. The SMILES string of the molecule is O=[13C]([13CH2]O)[13CH2][13C@H](O)[13C@H](O)[13CH2]O. The molecule has 0 aliphatic heterocycles. The second-order valence-corrected chi connectivity index (χ2v) is 2.22. The quantitative estimate of drug-likeness (QED) is 0.346. The molecule has 5 heteroatoms. The molecule has 0 unspecified atom stereocenters. The summed E-state index contributed by atoms with van der Waals surface area (Å²) in [5.41, 5.74) is 0. The maximum atomic E-state index is 10.4. The third-order valence-corrected chi connectivity index (χ3v) is 1.24. The van der Waals surface area contributed by atoms with Crippen molar-refractivity contribution in [2.45, 2.75) is 18.6 Å². The van der Waals surface area contributed by atoms with Crippen LogP contribution in [-0.4, -0.2) is 51.6 Å². The van der Waals surface area contributed by atoms with Gasteiger partial charge in [-0.3, -0.25) is 4.79 Å². The molecule has 0 fully saturated rings. The molecule has 2 atom stereocenters. The van der Waals surface area contributed by atoms with E-state index in [-0.39, 0.29) is 6.42 Å². The molecule has 0 bridgehead atoms. The minimum absolute atomic E-state index is 0.335. The van der Waals surface area contributed by atoms with Crippen molar-refractivity contribution in [3.63, 3.8) is 0 Å². The standard InChI is InChI=1S/C6H12O5/c7-2-4(9)1-5(10)6(11)3-8/h5-8,10-11H,1-3H2/t5-,6+/m0/s1/i1+1,2+1,3+1,4+1,5+1,6+1. The topological polar surface area (TPSA) is 98.0 Å². The molecule has 0 amide bonds. The molecule has 66 valence electrons. The lowest BCUT2D eigenvalue weighted by Crippen LogP contribution is -2.31. The predicted octanol–water partition coefficient (Wildman–Crippen LogP) is -2.35. The molecule has 0 aromatic carbocycles. The lowest BCUT2D eigenvalue weighted by molar-refractivity contribution is -0.126. The summed E-state index contributed by atoms with van der Waals surface area (Å²) >= 11 is 0. The summed E-state index contributed by atoms with van der Waals surface area (Å²) < 4.78 is 0. The highest BCUT2D eigenvalue weighted by Crippen LogP contribution is 1.98. The molecule has 0 aliphatic rings. The molecule has 11 heavy (non-hydrogen) atoms. The molecule has 0 aromatic rings. The molecular formula is C6H12O5. The van der Waals surface area contributed by atoms with Crippen LogP contribution in [0.4, 0.5) is 0 Å². The number of rotatable bonds is 5. The third-order valence-electron chi connectivity index (χ3n) is 1.24. The van der Waals surface area contributed by atoms with E-state index >= 15 is 0 Å². The van der Waals surface area contributed by atoms with Crippen molar-refractivity contribution in [2.24, 2.45) is 0 Å². The number of hydrogen-bond acceptors (Lipinski definition) is 5. The van der Waals surface area contributed by atoms with Gasteiger partial charge in [0, 0.05) is 6.42 Å². The summed E-state index contributed by atoms with van der Waals surface area (Å²) in [6.45, 7) is -1.25. The Balaban J connectivity index is 3.67. The first-order chi connectivity index (χ1) is 5.11. The summed E-state index contributed by atoms with van der Waals surface area (Å²) in [5.74, 6) is -0.565. The highest BCUT2D eigenvalue weighted by molar-refractivity contribution is 5.79. The fourth-order valence-electron chi connectivity index (χ4n) is 0.556. The van der Waals surface area contributed by atoms with Crippen LogP contribution in [-0.2, 0) is 4.79 Å². The number of aliphatic hydroxyl groups is 4. The van der Waals surface area contributed by atoms with Gasteiger partial charge in [-0.25, -0.2) is 0 Å². The van der Waals surface area contributed by atoms with Gasteiger partial charge < -0.3 is 20.4 Å². The van der Waals surface area contributed by atoms with Gasteiger partial charge in [-0.05, 0) is 0 Å². The Morgan fingerprint density at radius 3 is 2.09 bits per heavy atom. The molecule has 4 N–H and O–H groups in total. The van der Waals surface area contributed by atoms with Crippen LogP contribution in [0.15, 0.2) is 0 Å². The van der Waals surface area contributed by atoms with E-state index in [1.807, 2.05) is 0 Å². The molecule has 0 aromatic heterocycles. The molecule has 0 saturated carbocycles. The molecule has 0 rings (SSSR count). The van der Waals surface area contributed by atoms with Gasteiger partial charge in [-0.15, -0.1) is 0 Å². The van der Waals surface area contributed by atoms with E-state index in [0.717, 1.165) is 0 Å². The van der Waals surface area contributed by atoms with Crippen molar-refractivity contribution < 1.29 is 25.2 Å². The molecular weight excluding hydrogens is 158 g/mol. The number of Topliss-reactive ketones (excluding diaryl/α,β-unsaturated/α-hetero) is 1. The number of carbonyl (C=O) groups excluding carboxylic acids is 1. The van der Waals surface area contributed by atoms with Crippen molar-refractivity contribution in [3.8, 4) is 0 Å². The number of aliphatic hydroxyl groups excluding tert-OH is 4. The van der Waals surface area contributed by atoms with E-state index in [4.69, 9.17) is 20.4 Å². The van der Waals surface area contributed by atoms with Crippen LogP contribution in [0.2, 0.25) is 0 Å². The van der Waals surface area contributed by atoms with Crippen molar-refractivity contribution in [1.82, 2.24) is 0 Å². The van der Waals surface area contributed by atoms with Crippen molar-refractivity contribution in [1.29, 1.82) is 0 Å². The van der Waals surface area contributed by atoms with Gasteiger partial charge in [0.1, 0.15) is 12.7 Å². The van der Waals surface area contributed by atoms with Crippen molar-refractivity contribution in [2.75, 3.05) is 13.2 Å². The molecule has 0 saturated heterocycles. The zero-order chi connectivity index (χ0) is 8.85. The predicted molar refractivity (Wildman–Crippen MR) is 35.8 cm³/mol. The maximum Gasteiger partial charge on any atom is 0.160 e. The van der Waals surface area contributed by atoms with Gasteiger partial charge in [0.15, 0.2) is 5.78 Å². The average molecular weight is 170 g/mol. The Bertz CT molecular complexity index is 124. The van der Waals surface area contributed by atoms with Gasteiger partial charge in [0.2, 0.25) is 0 Å². The van der Waals surface area contributed by atoms with Gasteiger partial charge in [-0.1, -0.05) is 0 Å². The van der Waals surface area contributed by atoms with E-state index in [2.05, 4.69) is 0 Å². The molecule has 0 spiro atoms. The van der Waals surface area contributed by atoms with Crippen LogP contribution < -0.4 is 0 Å². The molecule has 0 radical (unpaired) electrons. The van der Waals surface area contributed by atoms with E-state index < -0.39 is 31.2 Å². The number of carbonyl (C=O) groups is 1. The van der Waals surface area contributed by atoms with Crippen LogP contribution in [0, 0.1) is 0 Å². The van der Waals surface area contributed by atoms with Crippen LogP contribution in [0.3, 0.4) is 0 Å². The van der Waals surface area contributed by atoms with E-state index in [0.29, 0.717) is 0 Å². The van der Waals surface area contributed by atoms with Gasteiger partial charge in [-0.2, -0.15) is 0 Å². The fourth-order valence-corrected chi connectivity index (χ4v) is 0.556. The normalized spacial score (nSPS) is 16.0. The average Bonchev–Trinajstić information content (AvgIpc) is 2.02. The van der Waals surface area contributed by atoms with Crippen LogP contribution in [0.5, 0.6) is 0 Å². The maximum absolute atomic E-state index is 10.4. The first kappa shape index (κ1) is 10.5. The van der Waals surface area contributed by atoms with Crippen LogP contribution in [0.25, 0.3) is 0 Å². The van der Waals surface area contributed by atoms with Crippen molar-refractivity contribution >= 4 is 5.78 Å². The van der Waals surface area contributed by atoms with Gasteiger partial charge in [0.05, 0.1) is 12.7 Å². The van der Waals surface area contributed by atoms with Gasteiger partial charge >= 0.3 is 0 Å². The zero-order valence-corrected chi connectivity index (χ0v) is 5.97. The first-order valence-corrected chi connectivity index (χ1v) is 3.21. The summed E-state index contributed by atoms with van der Waals surface area (Å²) in [6.07, 6.45) is -2.94. The Hall–Kier alpha value is -0.490. The minimum atomic E-state index is -1.31. The largest absolute Gasteiger partial charge is 0.394 e. The van der Waals surface area contributed by atoms with E-state index in [9.17, 15) is 4.79 Å². The monoisotopic (exact) mass is 170 g/mol. The third kappa shape index (κ3) is 4.05. The number of ketones is 1. The molecule has 5 nitrogen and oxygen atoms in total.